The zero-order valence-corrected chi connectivity index (χ0v) is 19.5. The minimum absolute atomic E-state index is 0. The first-order valence-electron chi connectivity index (χ1n) is 10.3. The summed E-state index contributed by atoms with van der Waals surface area (Å²) in [6, 6.07) is 0.0515. The molecule has 0 spiro atoms. The van der Waals surface area contributed by atoms with Crippen molar-refractivity contribution >= 4 is 24.3 Å². The van der Waals surface area contributed by atoms with Crippen molar-refractivity contribution < 1.29 is 40.7 Å². The molecule has 3 rings (SSSR count). The third-order valence-corrected chi connectivity index (χ3v) is 5.16. The quantitative estimate of drug-likeness (QED) is 0.351. The number of carbonyl (C=O) groups excluding carboxylic acids is 2. The zero-order chi connectivity index (χ0) is 25.4. The van der Waals surface area contributed by atoms with Gasteiger partial charge in [-0.3, -0.25) is 4.79 Å². The lowest BCUT2D eigenvalue weighted by atomic mass is 10.0. The predicted molar refractivity (Wildman–Crippen MR) is 113 cm³/mol. The Hall–Kier alpha value is -2.80. The number of fused-ring (bicyclic) bond motifs is 1. The highest BCUT2D eigenvalue weighted by atomic mass is 35.5. The van der Waals surface area contributed by atoms with Crippen LogP contribution in [-0.2, 0) is 35.2 Å². The summed E-state index contributed by atoms with van der Waals surface area (Å²) in [5.74, 6) is -6.53. The summed E-state index contributed by atoms with van der Waals surface area (Å²) in [7, 11) is 0. The Bertz CT molecular complexity index is 1110. The van der Waals surface area contributed by atoms with E-state index in [2.05, 4.69) is 4.98 Å². The number of benzene rings is 1. The van der Waals surface area contributed by atoms with Crippen LogP contribution in [0.5, 0.6) is 0 Å². The Balaban J connectivity index is 0.00000432. The molecule has 2 heterocycles. The first-order valence-corrected chi connectivity index (χ1v) is 10.3. The maximum absolute atomic E-state index is 13.9. The number of alkyl halides is 3. The maximum Gasteiger partial charge on any atom is 0.449 e. The van der Waals surface area contributed by atoms with Crippen LogP contribution in [0.4, 0.5) is 26.3 Å². The molecule has 194 valence electrons. The molecule has 1 aliphatic heterocycles. The van der Waals surface area contributed by atoms with Gasteiger partial charge in [0, 0.05) is 31.6 Å². The van der Waals surface area contributed by atoms with Gasteiger partial charge in [-0.25, -0.2) is 22.9 Å². The van der Waals surface area contributed by atoms with Crippen molar-refractivity contribution in [2.45, 2.75) is 58.1 Å². The molecule has 0 radical (unpaired) electrons. The second-order valence-corrected chi connectivity index (χ2v) is 8.18. The van der Waals surface area contributed by atoms with E-state index in [0.717, 1.165) is 4.57 Å². The Morgan fingerprint density at radius 3 is 2.34 bits per heavy atom. The van der Waals surface area contributed by atoms with Crippen molar-refractivity contribution in [3.05, 3.63) is 52.4 Å². The summed E-state index contributed by atoms with van der Waals surface area (Å²) >= 11 is 0. The Kier molecular flexibility index (Phi) is 8.82. The standard InChI is InChI=1S/C21H22F6N4O3.ClH/c1-10(2)34-19(33)18-16-9-30(3-4-31(16)20(29-18)21(25,26)27)17(32)7-12(28)5-11-6-14(23)15(24)8-13(11)22;/h6,8,10,12H,3-5,7,9,28H2,1-2H3;1H. The third kappa shape index (κ3) is 6.45. The summed E-state index contributed by atoms with van der Waals surface area (Å²) < 4.78 is 86.4. The average molecular weight is 529 g/mol. The van der Waals surface area contributed by atoms with Crippen LogP contribution in [0.1, 0.15) is 47.8 Å². The van der Waals surface area contributed by atoms with E-state index in [9.17, 15) is 35.9 Å². The van der Waals surface area contributed by atoms with Crippen LogP contribution >= 0.6 is 12.4 Å². The largest absolute Gasteiger partial charge is 0.458 e. The molecule has 0 saturated carbocycles. The zero-order valence-electron chi connectivity index (χ0n) is 18.7. The normalized spacial score (nSPS) is 14.4. The lowest BCUT2D eigenvalue weighted by Gasteiger charge is -2.30. The van der Waals surface area contributed by atoms with Crippen molar-refractivity contribution in [2.24, 2.45) is 5.73 Å². The number of hydrogen-bond acceptors (Lipinski definition) is 5. The first-order chi connectivity index (χ1) is 15.8. The molecule has 2 N–H and O–H groups in total. The van der Waals surface area contributed by atoms with Crippen LogP contribution in [0, 0.1) is 17.5 Å². The number of amides is 1. The van der Waals surface area contributed by atoms with Gasteiger partial charge >= 0.3 is 12.1 Å². The van der Waals surface area contributed by atoms with Gasteiger partial charge in [-0.2, -0.15) is 13.2 Å². The van der Waals surface area contributed by atoms with Gasteiger partial charge in [0.2, 0.25) is 11.7 Å². The highest BCUT2D eigenvalue weighted by Crippen LogP contribution is 2.33. The van der Waals surface area contributed by atoms with E-state index >= 15 is 0 Å². The van der Waals surface area contributed by atoms with Gasteiger partial charge in [-0.1, -0.05) is 0 Å². The highest BCUT2D eigenvalue weighted by molar-refractivity contribution is 5.89. The van der Waals surface area contributed by atoms with Crippen LogP contribution in [0.2, 0.25) is 0 Å². The molecule has 1 unspecified atom stereocenters. The van der Waals surface area contributed by atoms with Crippen LogP contribution in [0.15, 0.2) is 12.1 Å². The number of esters is 1. The molecule has 0 bridgehead atoms. The number of hydrogen-bond donors (Lipinski definition) is 1. The lowest BCUT2D eigenvalue weighted by Crippen LogP contribution is -2.42. The molecule has 0 fully saturated rings. The lowest BCUT2D eigenvalue weighted by molar-refractivity contribution is -0.148. The smallest absolute Gasteiger partial charge is 0.449 e. The van der Waals surface area contributed by atoms with Crippen molar-refractivity contribution in [3.8, 4) is 0 Å². The van der Waals surface area contributed by atoms with E-state index in [1.165, 1.54) is 18.7 Å². The van der Waals surface area contributed by atoms with Gasteiger partial charge in [0.15, 0.2) is 17.3 Å². The summed E-state index contributed by atoms with van der Waals surface area (Å²) in [6.07, 6.45) is -6.04. The van der Waals surface area contributed by atoms with Crippen LogP contribution < -0.4 is 5.73 Å². The molecule has 2 aromatic rings. The fraction of sp³-hybridized carbons (Fsp3) is 0.476. The van der Waals surface area contributed by atoms with Gasteiger partial charge in [-0.05, 0) is 31.9 Å². The fourth-order valence-electron chi connectivity index (χ4n) is 3.66. The second kappa shape index (κ2) is 10.9. The summed E-state index contributed by atoms with van der Waals surface area (Å²) in [4.78, 5) is 29.7. The molecule has 0 saturated heterocycles. The minimum Gasteiger partial charge on any atom is -0.458 e. The van der Waals surface area contributed by atoms with Crippen LogP contribution in [0.25, 0.3) is 0 Å². The number of aromatic nitrogens is 2. The SMILES string of the molecule is CC(C)OC(=O)c1nc(C(F)(F)F)n2c1CN(C(=O)CC(N)Cc1cc(F)c(F)cc1F)CC2.Cl. The Morgan fingerprint density at radius 2 is 1.74 bits per heavy atom. The first kappa shape index (κ1) is 28.4. The van der Waals surface area contributed by atoms with E-state index < -0.39 is 59.2 Å². The van der Waals surface area contributed by atoms with E-state index in [-0.39, 0.29) is 56.1 Å². The number of carbonyl (C=O) groups is 2. The number of halogens is 7. The van der Waals surface area contributed by atoms with Crippen molar-refractivity contribution in [2.75, 3.05) is 6.54 Å². The monoisotopic (exact) mass is 528 g/mol. The molecule has 1 atom stereocenters. The number of nitrogens with two attached hydrogens (primary N) is 1. The molecule has 7 nitrogen and oxygen atoms in total. The Labute approximate surface area is 202 Å². The molecular formula is C21H23ClF6N4O3. The molecule has 35 heavy (non-hydrogen) atoms. The van der Waals surface area contributed by atoms with E-state index in [1.807, 2.05) is 0 Å². The van der Waals surface area contributed by atoms with Crippen LogP contribution in [0.3, 0.4) is 0 Å². The predicted octanol–water partition coefficient (Wildman–Crippen LogP) is 3.61. The molecule has 1 aromatic heterocycles. The molecular weight excluding hydrogens is 506 g/mol. The average Bonchev–Trinajstić information content (AvgIpc) is 3.11. The van der Waals surface area contributed by atoms with Crippen LogP contribution in [-0.4, -0.2) is 45.0 Å². The van der Waals surface area contributed by atoms with Crippen molar-refractivity contribution in [3.63, 3.8) is 0 Å². The number of nitrogens with zero attached hydrogens (tertiary/aromatic N) is 3. The summed E-state index contributed by atoms with van der Waals surface area (Å²) in [5.41, 5.74) is 5.01. The van der Waals surface area contributed by atoms with E-state index in [0.29, 0.717) is 12.1 Å². The molecule has 1 aliphatic rings. The van der Waals surface area contributed by atoms with Crippen molar-refractivity contribution in [1.82, 2.24) is 14.5 Å². The maximum atomic E-state index is 13.9. The van der Waals surface area contributed by atoms with Gasteiger partial charge in [-0.15, -0.1) is 12.4 Å². The van der Waals surface area contributed by atoms with Gasteiger partial charge < -0.3 is 19.9 Å². The second-order valence-electron chi connectivity index (χ2n) is 8.18. The number of ether oxygens (including phenoxy) is 1. The molecule has 1 aromatic carbocycles. The van der Waals surface area contributed by atoms with E-state index in [1.54, 1.807) is 0 Å². The summed E-state index contributed by atoms with van der Waals surface area (Å²) in [6.45, 7) is 2.31. The topological polar surface area (TPSA) is 90.5 Å². The highest BCUT2D eigenvalue weighted by Gasteiger charge is 2.42. The molecule has 14 heteroatoms. The fourth-order valence-corrected chi connectivity index (χ4v) is 3.66. The minimum atomic E-state index is -4.83. The van der Waals surface area contributed by atoms with Gasteiger partial charge in [0.1, 0.15) is 5.82 Å². The van der Waals surface area contributed by atoms with Gasteiger partial charge in [0.05, 0.1) is 18.3 Å². The molecule has 0 aliphatic carbocycles. The van der Waals surface area contributed by atoms with Gasteiger partial charge in [0.25, 0.3) is 0 Å². The van der Waals surface area contributed by atoms with E-state index in [4.69, 9.17) is 10.5 Å². The van der Waals surface area contributed by atoms with Crippen molar-refractivity contribution in [1.29, 1.82) is 0 Å². The molecule has 1 amide bonds. The number of imidazole rings is 1. The summed E-state index contributed by atoms with van der Waals surface area (Å²) in [5, 5.41) is 0. The third-order valence-electron chi connectivity index (χ3n) is 5.16. The Morgan fingerprint density at radius 1 is 1.11 bits per heavy atom. The number of rotatable bonds is 6.